The number of nitrogens with one attached hydrogen (secondary N) is 3. The van der Waals surface area contributed by atoms with Gasteiger partial charge in [-0.15, -0.1) is 10.2 Å². The van der Waals surface area contributed by atoms with Crippen molar-refractivity contribution in [3.05, 3.63) is 12.1 Å². The van der Waals surface area contributed by atoms with Crippen molar-refractivity contribution in [2.24, 2.45) is 5.14 Å². The van der Waals surface area contributed by atoms with Crippen molar-refractivity contribution < 1.29 is 17.7 Å². The molecule has 2 atom stereocenters. The summed E-state index contributed by atoms with van der Waals surface area (Å²) in [6.45, 7) is 4.43. The second-order valence-corrected chi connectivity index (χ2v) is 11.4. The van der Waals surface area contributed by atoms with Gasteiger partial charge in [-0.3, -0.25) is 4.21 Å². The Kier molecular flexibility index (Phi) is 6.61. The monoisotopic (exact) mass is 484 g/mol. The van der Waals surface area contributed by atoms with Gasteiger partial charge in [-0.05, 0) is 50.1 Å². The fourth-order valence-corrected chi connectivity index (χ4v) is 6.62. The van der Waals surface area contributed by atoms with Crippen LogP contribution in [-0.2, 0) is 20.8 Å². The first kappa shape index (κ1) is 23.2. The molecule has 0 radical (unpaired) electrons. The number of rotatable bonds is 7. The van der Waals surface area contributed by atoms with E-state index in [9.17, 15) is 17.7 Å². The number of aliphatic hydroxyl groups is 1. The molecule has 12 nitrogen and oxygen atoms in total. The van der Waals surface area contributed by atoms with Crippen LogP contribution in [0.1, 0.15) is 26.2 Å². The summed E-state index contributed by atoms with van der Waals surface area (Å²) in [7, 11) is -5.97. The van der Waals surface area contributed by atoms with Crippen molar-refractivity contribution in [2.45, 2.75) is 47.6 Å². The number of hydrogen-bond donors (Lipinski definition) is 5. The molecule has 0 aliphatic carbocycles. The number of nitrogens with zero attached hydrogens (tertiary/aromatic N) is 4. The first-order valence-corrected chi connectivity index (χ1v) is 13.3. The van der Waals surface area contributed by atoms with Crippen LogP contribution in [0.3, 0.4) is 0 Å². The number of aromatic amines is 1. The molecular formula is C18H28N8O4S2. The molecule has 1 unspecified atom stereocenters. The van der Waals surface area contributed by atoms with Gasteiger partial charge in [0.15, 0.2) is 0 Å². The number of anilines is 1. The molecule has 0 spiro atoms. The van der Waals surface area contributed by atoms with E-state index in [1.165, 1.54) is 6.07 Å². The van der Waals surface area contributed by atoms with Gasteiger partial charge in [0.05, 0.1) is 32.7 Å². The number of nitrogens with two attached hydrogens (primary N) is 1. The summed E-state index contributed by atoms with van der Waals surface area (Å²) >= 11 is 0. The third-order valence-corrected chi connectivity index (χ3v) is 8.32. The minimum atomic E-state index is -4.29. The molecule has 0 bridgehead atoms. The molecule has 4 rings (SSSR count). The van der Waals surface area contributed by atoms with Gasteiger partial charge < -0.3 is 20.6 Å². The van der Waals surface area contributed by atoms with Crippen LogP contribution in [0.4, 0.5) is 5.69 Å². The molecule has 176 valence electrons. The average Bonchev–Trinajstić information content (AvgIpc) is 3.44. The van der Waals surface area contributed by atoms with Crippen LogP contribution in [0, 0.1) is 0 Å². The Labute approximate surface area is 188 Å². The highest BCUT2D eigenvalue weighted by Gasteiger charge is 2.33. The fourth-order valence-electron chi connectivity index (χ4n) is 4.09. The van der Waals surface area contributed by atoms with Crippen molar-refractivity contribution in [1.29, 1.82) is 0 Å². The highest BCUT2D eigenvalue weighted by molar-refractivity contribution is 7.91. The molecule has 6 N–H and O–H groups in total. The minimum absolute atomic E-state index is 0.0492. The molecule has 32 heavy (non-hydrogen) atoms. The number of hydrogen-bond acceptors (Lipinski definition) is 10. The van der Waals surface area contributed by atoms with E-state index in [1.54, 1.807) is 13.0 Å². The standard InChI is InChI=1S/C18H28N8O4S2/c1-18(27)5-8-26(9-6-18)13-2-3-14(31(28)11-21-12-4-7-20-10-12)16(32(19,29)30)15(13)17-22-24-25-23-17/h2-3,12,20-21,27H,4-11H2,1H3,(H2,19,29,30)(H,22,23,24,25)/t12-,31?/m1/s1. The van der Waals surface area contributed by atoms with Crippen LogP contribution < -0.4 is 20.7 Å². The lowest BCUT2D eigenvalue weighted by Crippen LogP contribution is -2.42. The van der Waals surface area contributed by atoms with Gasteiger partial charge in [-0.1, -0.05) is 0 Å². The maximum Gasteiger partial charge on any atom is 0.240 e. The van der Waals surface area contributed by atoms with E-state index in [2.05, 4.69) is 31.3 Å². The number of H-pyrrole nitrogens is 1. The zero-order valence-corrected chi connectivity index (χ0v) is 19.4. The summed E-state index contributed by atoms with van der Waals surface area (Å²) in [6, 6.07) is 3.43. The summed E-state index contributed by atoms with van der Waals surface area (Å²) in [5, 5.41) is 36.3. The molecule has 2 aliphatic heterocycles. The average molecular weight is 485 g/mol. The highest BCUT2D eigenvalue weighted by atomic mass is 32.2. The van der Waals surface area contributed by atoms with Crippen molar-refractivity contribution in [2.75, 3.05) is 37.0 Å². The Morgan fingerprint density at radius 3 is 2.72 bits per heavy atom. The van der Waals surface area contributed by atoms with Crippen molar-refractivity contribution in [3.63, 3.8) is 0 Å². The predicted molar refractivity (Wildman–Crippen MR) is 119 cm³/mol. The van der Waals surface area contributed by atoms with Gasteiger partial charge in [0, 0.05) is 31.4 Å². The summed E-state index contributed by atoms with van der Waals surface area (Å²) in [5.41, 5.74) is -0.0795. The molecule has 2 fully saturated rings. The molecule has 14 heteroatoms. The quantitative estimate of drug-likeness (QED) is 0.323. The van der Waals surface area contributed by atoms with Crippen LogP contribution >= 0.6 is 0 Å². The smallest absolute Gasteiger partial charge is 0.240 e. The predicted octanol–water partition coefficient (Wildman–Crippen LogP) is -1.12. The van der Waals surface area contributed by atoms with Crippen LogP contribution in [0.25, 0.3) is 11.4 Å². The van der Waals surface area contributed by atoms with Gasteiger partial charge in [-0.2, -0.15) is 5.21 Å². The first-order chi connectivity index (χ1) is 15.2. The Hall–Kier alpha value is -1.97. The Balaban J connectivity index is 1.77. The Morgan fingerprint density at radius 2 is 2.12 bits per heavy atom. The van der Waals surface area contributed by atoms with E-state index in [0.717, 1.165) is 19.5 Å². The van der Waals surface area contributed by atoms with E-state index in [0.29, 0.717) is 31.6 Å². The number of primary sulfonamides is 1. The summed E-state index contributed by atoms with van der Waals surface area (Å²) in [4.78, 5) is 1.78. The highest BCUT2D eigenvalue weighted by Crippen LogP contribution is 2.39. The largest absolute Gasteiger partial charge is 0.390 e. The van der Waals surface area contributed by atoms with Crippen LogP contribution in [-0.4, -0.2) is 82.1 Å². The van der Waals surface area contributed by atoms with Crippen molar-refractivity contribution in [1.82, 2.24) is 31.3 Å². The normalized spacial score (nSPS) is 22.2. The lowest BCUT2D eigenvalue weighted by molar-refractivity contribution is 0.0351. The van der Waals surface area contributed by atoms with Gasteiger partial charge >= 0.3 is 0 Å². The molecule has 0 amide bonds. The van der Waals surface area contributed by atoms with E-state index in [1.807, 2.05) is 4.90 Å². The molecule has 1 aromatic carbocycles. The molecule has 0 saturated carbocycles. The number of piperidine rings is 1. The van der Waals surface area contributed by atoms with Crippen LogP contribution in [0.2, 0.25) is 0 Å². The number of aromatic nitrogens is 4. The van der Waals surface area contributed by atoms with E-state index in [4.69, 9.17) is 5.14 Å². The summed E-state index contributed by atoms with van der Waals surface area (Å²) in [5.74, 6) is 0.139. The molecule has 2 saturated heterocycles. The molecule has 2 aliphatic rings. The molecule has 1 aromatic heterocycles. The number of tetrazole rings is 1. The number of benzene rings is 1. The first-order valence-electron chi connectivity index (χ1n) is 10.4. The van der Waals surface area contributed by atoms with E-state index in [-0.39, 0.29) is 33.1 Å². The lowest BCUT2D eigenvalue weighted by Gasteiger charge is -2.38. The zero-order chi connectivity index (χ0) is 22.9. The lowest BCUT2D eigenvalue weighted by atomic mass is 9.93. The minimum Gasteiger partial charge on any atom is -0.390 e. The third-order valence-electron chi connectivity index (χ3n) is 5.94. The van der Waals surface area contributed by atoms with Crippen molar-refractivity contribution >= 4 is 26.5 Å². The molecular weight excluding hydrogens is 456 g/mol. The van der Waals surface area contributed by atoms with E-state index >= 15 is 0 Å². The summed E-state index contributed by atoms with van der Waals surface area (Å²) in [6.07, 6.45) is 1.93. The molecule has 2 aromatic rings. The van der Waals surface area contributed by atoms with Crippen molar-refractivity contribution in [3.8, 4) is 11.4 Å². The topological polar surface area (TPSA) is 179 Å². The Morgan fingerprint density at radius 1 is 1.38 bits per heavy atom. The second-order valence-electron chi connectivity index (χ2n) is 8.44. The van der Waals surface area contributed by atoms with Gasteiger partial charge in [0.25, 0.3) is 0 Å². The van der Waals surface area contributed by atoms with Crippen LogP contribution in [0.5, 0.6) is 0 Å². The fraction of sp³-hybridized carbons (Fsp3) is 0.611. The van der Waals surface area contributed by atoms with Gasteiger partial charge in [-0.25, -0.2) is 13.6 Å². The maximum atomic E-state index is 13.2. The maximum absolute atomic E-state index is 13.2. The summed E-state index contributed by atoms with van der Waals surface area (Å²) < 4.78 is 38.6. The van der Waals surface area contributed by atoms with Gasteiger partial charge in [0.2, 0.25) is 15.8 Å². The third kappa shape index (κ3) is 5.00. The SMILES string of the molecule is CC1(O)CCN(c2ccc(S(=O)CN[C@@H]3CCNC3)c(S(N)(=O)=O)c2-c2nn[nH]n2)CC1. The number of sulfonamides is 1. The Bertz CT molecular complexity index is 1070. The van der Waals surface area contributed by atoms with Gasteiger partial charge in [0.1, 0.15) is 4.90 Å². The second kappa shape index (κ2) is 9.11. The molecule has 3 heterocycles. The van der Waals surface area contributed by atoms with E-state index < -0.39 is 26.4 Å². The van der Waals surface area contributed by atoms with Crippen LogP contribution in [0.15, 0.2) is 21.9 Å². The zero-order valence-electron chi connectivity index (χ0n) is 17.7.